The van der Waals surface area contributed by atoms with Crippen molar-refractivity contribution in [3.63, 3.8) is 0 Å². The molecule has 2 rings (SSSR count). The molecule has 0 amide bonds. The number of hydrogen-bond donors (Lipinski definition) is 0. The Morgan fingerprint density at radius 1 is 1.10 bits per heavy atom. The van der Waals surface area contributed by atoms with Crippen LogP contribution in [0.2, 0.25) is 0 Å². The highest BCUT2D eigenvalue weighted by Crippen LogP contribution is 2.29. The standard InChI is InChI=1S/C16H24FNO.C2H6/c1-12-8-13(6-7-14(12)17)9-18-10-15(2,3)19-16(4,5)11-18;1-2/h6-8H,9-11H2,1-5H3;1-2H3. The average Bonchev–Trinajstić information content (AvgIpc) is 2.32. The number of ether oxygens (including phenoxy) is 1. The molecule has 1 aliphatic rings. The second-order valence-electron chi connectivity index (χ2n) is 6.85. The number of rotatable bonds is 2. The van der Waals surface area contributed by atoms with E-state index in [4.69, 9.17) is 4.74 Å². The molecule has 3 heteroatoms. The summed E-state index contributed by atoms with van der Waals surface area (Å²) in [5.41, 5.74) is 1.59. The molecule has 0 N–H and O–H groups in total. The summed E-state index contributed by atoms with van der Waals surface area (Å²) in [6.07, 6.45) is 0. The van der Waals surface area contributed by atoms with E-state index in [2.05, 4.69) is 32.6 Å². The summed E-state index contributed by atoms with van der Waals surface area (Å²) in [4.78, 5) is 2.39. The maximum absolute atomic E-state index is 13.3. The van der Waals surface area contributed by atoms with Gasteiger partial charge in [0.2, 0.25) is 0 Å². The molecule has 0 aliphatic carbocycles. The first-order chi connectivity index (χ1) is 9.67. The van der Waals surface area contributed by atoms with Crippen molar-refractivity contribution in [3.05, 3.63) is 35.1 Å². The molecule has 0 aromatic heterocycles. The SMILES string of the molecule is CC.Cc1cc(CN2CC(C)(C)OC(C)(C)C2)ccc1F. The minimum absolute atomic E-state index is 0.133. The lowest BCUT2D eigenvalue weighted by molar-refractivity contribution is -0.182. The Balaban J connectivity index is 0.00000106. The molecule has 1 heterocycles. The van der Waals surface area contributed by atoms with Gasteiger partial charge in [-0.25, -0.2) is 4.39 Å². The van der Waals surface area contributed by atoms with Gasteiger partial charge in [-0.1, -0.05) is 26.0 Å². The van der Waals surface area contributed by atoms with Gasteiger partial charge in [0.05, 0.1) is 11.2 Å². The van der Waals surface area contributed by atoms with Gasteiger partial charge in [-0.15, -0.1) is 0 Å². The van der Waals surface area contributed by atoms with E-state index in [0.29, 0.717) is 5.56 Å². The monoisotopic (exact) mass is 295 g/mol. The summed E-state index contributed by atoms with van der Waals surface area (Å²) in [7, 11) is 0. The summed E-state index contributed by atoms with van der Waals surface area (Å²) in [6.45, 7) is 16.9. The molecule has 1 aromatic rings. The average molecular weight is 295 g/mol. The molecule has 2 nitrogen and oxygen atoms in total. The third-order valence-corrected chi connectivity index (χ3v) is 3.39. The number of morpholine rings is 1. The molecule has 0 spiro atoms. The van der Waals surface area contributed by atoms with E-state index in [1.54, 1.807) is 6.07 Å². The zero-order chi connectivity index (χ0) is 16.3. The van der Waals surface area contributed by atoms with Crippen molar-refractivity contribution in [2.24, 2.45) is 0 Å². The van der Waals surface area contributed by atoms with Crippen LogP contribution in [0.15, 0.2) is 18.2 Å². The van der Waals surface area contributed by atoms with Crippen LogP contribution in [-0.4, -0.2) is 29.2 Å². The summed E-state index contributed by atoms with van der Waals surface area (Å²) >= 11 is 0. The van der Waals surface area contributed by atoms with Crippen molar-refractivity contribution in [3.8, 4) is 0 Å². The quantitative estimate of drug-likeness (QED) is 0.793. The molecule has 1 aromatic carbocycles. The van der Waals surface area contributed by atoms with E-state index >= 15 is 0 Å². The molecule has 0 atom stereocenters. The molecule has 0 saturated carbocycles. The van der Waals surface area contributed by atoms with Crippen molar-refractivity contribution in [2.75, 3.05) is 13.1 Å². The van der Waals surface area contributed by atoms with Crippen molar-refractivity contribution in [1.29, 1.82) is 0 Å². The first kappa shape index (κ1) is 18.1. The van der Waals surface area contributed by atoms with E-state index in [1.165, 1.54) is 0 Å². The van der Waals surface area contributed by atoms with Crippen LogP contribution in [0.3, 0.4) is 0 Å². The summed E-state index contributed by atoms with van der Waals surface area (Å²) < 4.78 is 19.4. The normalized spacial score (nSPS) is 20.6. The van der Waals surface area contributed by atoms with Crippen LogP contribution in [0.5, 0.6) is 0 Å². The van der Waals surface area contributed by atoms with Gasteiger partial charge in [-0.3, -0.25) is 4.90 Å². The van der Waals surface area contributed by atoms with Crippen LogP contribution >= 0.6 is 0 Å². The molecule has 120 valence electrons. The van der Waals surface area contributed by atoms with E-state index in [0.717, 1.165) is 25.2 Å². The van der Waals surface area contributed by atoms with Crippen LogP contribution in [0.25, 0.3) is 0 Å². The topological polar surface area (TPSA) is 12.5 Å². The summed E-state index contributed by atoms with van der Waals surface area (Å²) in [5, 5.41) is 0. The third kappa shape index (κ3) is 5.40. The Morgan fingerprint density at radius 3 is 2.10 bits per heavy atom. The second-order valence-corrected chi connectivity index (χ2v) is 6.85. The maximum atomic E-state index is 13.3. The van der Waals surface area contributed by atoms with Crippen molar-refractivity contribution >= 4 is 0 Å². The Kier molecular flexibility index (Phi) is 5.94. The summed E-state index contributed by atoms with van der Waals surface area (Å²) in [6, 6.07) is 5.37. The van der Waals surface area contributed by atoms with E-state index in [9.17, 15) is 4.39 Å². The van der Waals surface area contributed by atoms with Gasteiger partial charge < -0.3 is 4.74 Å². The highest BCUT2D eigenvalue weighted by atomic mass is 19.1. The smallest absolute Gasteiger partial charge is 0.126 e. The highest BCUT2D eigenvalue weighted by molar-refractivity contribution is 5.24. The van der Waals surface area contributed by atoms with Gasteiger partial charge in [0.15, 0.2) is 0 Å². The Morgan fingerprint density at radius 2 is 1.62 bits per heavy atom. The lowest BCUT2D eigenvalue weighted by Gasteiger charge is -2.47. The second kappa shape index (κ2) is 6.89. The van der Waals surface area contributed by atoms with Gasteiger partial charge in [0, 0.05) is 19.6 Å². The predicted octanol–water partition coefficient (Wildman–Crippen LogP) is 4.55. The van der Waals surface area contributed by atoms with E-state index < -0.39 is 0 Å². The Labute approximate surface area is 129 Å². The molecule has 1 fully saturated rings. The van der Waals surface area contributed by atoms with Gasteiger partial charge in [-0.2, -0.15) is 0 Å². The first-order valence-corrected chi connectivity index (χ1v) is 7.84. The minimum Gasteiger partial charge on any atom is -0.367 e. The highest BCUT2D eigenvalue weighted by Gasteiger charge is 2.37. The summed E-state index contributed by atoms with van der Waals surface area (Å²) in [5.74, 6) is -0.133. The fraction of sp³-hybridized carbons (Fsp3) is 0.667. The van der Waals surface area contributed by atoms with E-state index in [-0.39, 0.29) is 17.0 Å². The Hall–Kier alpha value is -0.930. The number of aryl methyl sites for hydroxylation is 1. The van der Waals surface area contributed by atoms with E-state index in [1.807, 2.05) is 32.9 Å². The van der Waals surface area contributed by atoms with Crippen LogP contribution in [0, 0.1) is 12.7 Å². The lowest BCUT2D eigenvalue weighted by atomic mass is 9.98. The maximum Gasteiger partial charge on any atom is 0.126 e. The van der Waals surface area contributed by atoms with Crippen LogP contribution in [-0.2, 0) is 11.3 Å². The van der Waals surface area contributed by atoms with Gasteiger partial charge in [0.1, 0.15) is 5.82 Å². The van der Waals surface area contributed by atoms with Crippen molar-refractivity contribution < 1.29 is 9.13 Å². The number of halogens is 1. The van der Waals surface area contributed by atoms with Crippen molar-refractivity contribution in [1.82, 2.24) is 4.90 Å². The zero-order valence-corrected chi connectivity index (χ0v) is 14.6. The van der Waals surface area contributed by atoms with Crippen LogP contribution in [0.1, 0.15) is 52.7 Å². The fourth-order valence-electron chi connectivity index (χ4n) is 3.12. The van der Waals surface area contributed by atoms with Gasteiger partial charge in [-0.05, 0) is 51.8 Å². The number of nitrogens with zero attached hydrogens (tertiary/aromatic N) is 1. The number of hydrogen-bond acceptors (Lipinski definition) is 2. The largest absolute Gasteiger partial charge is 0.367 e. The van der Waals surface area contributed by atoms with Crippen LogP contribution in [0.4, 0.5) is 4.39 Å². The fourth-order valence-corrected chi connectivity index (χ4v) is 3.12. The van der Waals surface area contributed by atoms with Crippen molar-refractivity contribution in [2.45, 2.75) is 66.2 Å². The molecule has 1 aliphatic heterocycles. The molecule has 1 saturated heterocycles. The third-order valence-electron chi connectivity index (χ3n) is 3.39. The van der Waals surface area contributed by atoms with Gasteiger partial charge in [0.25, 0.3) is 0 Å². The molecule has 0 unspecified atom stereocenters. The Bertz CT molecular complexity index is 452. The molecular formula is C18H30FNO. The predicted molar refractivity (Wildman–Crippen MR) is 87.0 cm³/mol. The zero-order valence-electron chi connectivity index (χ0n) is 14.6. The molecule has 0 radical (unpaired) electrons. The molecule has 0 bridgehead atoms. The minimum atomic E-state index is -0.142. The molecular weight excluding hydrogens is 265 g/mol. The lowest BCUT2D eigenvalue weighted by Crippen LogP contribution is -2.56. The molecule has 21 heavy (non-hydrogen) atoms. The first-order valence-electron chi connectivity index (χ1n) is 7.84. The number of benzene rings is 1. The van der Waals surface area contributed by atoms with Crippen LogP contribution < -0.4 is 0 Å². The van der Waals surface area contributed by atoms with Gasteiger partial charge >= 0.3 is 0 Å².